The van der Waals surface area contributed by atoms with Gasteiger partial charge < -0.3 is 5.11 Å². The van der Waals surface area contributed by atoms with E-state index in [9.17, 15) is 5.11 Å². The quantitative estimate of drug-likeness (QED) is 0.805. The Morgan fingerprint density at radius 2 is 1.86 bits per heavy atom. The van der Waals surface area contributed by atoms with Gasteiger partial charge in [-0.1, -0.05) is 30.0 Å². The van der Waals surface area contributed by atoms with Crippen molar-refractivity contribution in [2.45, 2.75) is 36.2 Å². The predicted molar refractivity (Wildman–Crippen MR) is 83.5 cm³/mol. The van der Waals surface area contributed by atoms with Crippen LogP contribution in [0.5, 0.6) is 0 Å². The molecule has 2 heterocycles. The number of hydrogen-bond acceptors (Lipinski definition) is 4. The molecule has 0 aliphatic rings. The molecule has 21 heavy (non-hydrogen) atoms. The molecule has 0 spiro atoms. The first-order chi connectivity index (χ1) is 9.95. The van der Waals surface area contributed by atoms with Crippen LogP contribution >= 0.6 is 11.8 Å². The smallest absolute Gasteiger partial charge is 0.168 e. The zero-order valence-electron chi connectivity index (χ0n) is 12.2. The Hall–Kier alpha value is -1.85. The summed E-state index contributed by atoms with van der Waals surface area (Å²) in [7, 11) is 0. The van der Waals surface area contributed by atoms with Crippen LogP contribution in [0, 0.1) is 6.92 Å². The minimum absolute atomic E-state index is 0.546. The minimum atomic E-state index is -1.02. The average Bonchev–Trinajstić information content (AvgIpc) is 2.84. The zero-order valence-corrected chi connectivity index (χ0v) is 13.1. The first-order valence-electron chi connectivity index (χ1n) is 6.76. The molecule has 0 aliphatic heterocycles. The fourth-order valence-corrected chi connectivity index (χ4v) is 3.07. The molecule has 1 aromatic carbocycles. The molecule has 3 aromatic rings. The SMILES string of the molecule is Cc1ccccc1Sc1ccc2nnc(C(C)(C)O)n2c1. The van der Waals surface area contributed by atoms with Gasteiger partial charge in [0.2, 0.25) is 0 Å². The highest BCUT2D eigenvalue weighted by molar-refractivity contribution is 7.99. The van der Waals surface area contributed by atoms with E-state index in [1.54, 1.807) is 25.6 Å². The molecular formula is C16H17N3OS. The lowest BCUT2D eigenvalue weighted by Gasteiger charge is -2.15. The van der Waals surface area contributed by atoms with E-state index in [-0.39, 0.29) is 0 Å². The van der Waals surface area contributed by atoms with Gasteiger partial charge in [0.1, 0.15) is 5.60 Å². The van der Waals surface area contributed by atoms with Gasteiger partial charge in [-0.25, -0.2) is 0 Å². The van der Waals surface area contributed by atoms with E-state index >= 15 is 0 Å². The van der Waals surface area contributed by atoms with E-state index in [0.717, 1.165) is 10.5 Å². The van der Waals surface area contributed by atoms with Crippen LogP contribution in [0.3, 0.4) is 0 Å². The van der Waals surface area contributed by atoms with Crippen LogP contribution in [0.25, 0.3) is 5.65 Å². The van der Waals surface area contributed by atoms with Gasteiger partial charge in [0, 0.05) is 16.0 Å². The van der Waals surface area contributed by atoms with Crippen molar-refractivity contribution in [3.05, 3.63) is 54.0 Å². The fraction of sp³-hybridized carbons (Fsp3) is 0.250. The van der Waals surface area contributed by atoms with Gasteiger partial charge in [0.25, 0.3) is 0 Å². The highest BCUT2D eigenvalue weighted by atomic mass is 32.2. The normalized spacial score (nSPS) is 12.0. The summed E-state index contributed by atoms with van der Waals surface area (Å²) in [6, 6.07) is 12.2. The molecular weight excluding hydrogens is 282 g/mol. The summed E-state index contributed by atoms with van der Waals surface area (Å²) in [6.07, 6.45) is 1.97. The highest BCUT2D eigenvalue weighted by Crippen LogP contribution is 2.30. The Kier molecular flexibility index (Phi) is 3.47. The number of aliphatic hydroxyl groups is 1. The summed E-state index contributed by atoms with van der Waals surface area (Å²) in [5, 5.41) is 18.4. The summed E-state index contributed by atoms with van der Waals surface area (Å²) in [5.74, 6) is 0.546. The third-order valence-corrected chi connectivity index (χ3v) is 4.40. The van der Waals surface area contributed by atoms with Crippen molar-refractivity contribution in [1.82, 2.24) is 14.6 Å². The van der Waals surface area contributed by atoms with E-state index in [0.29, 0.717) is 5.82 Å². The van der Waals surface area contributed by atoms with Crippen LogP contribution in [0.4, 0.5) is 0 Å². The molecule has 2 aromatic heterocycles. The van der Waals surface area contributed by atoms with Crippen molar-refractivity contribution >= 4 is 17.4 Å². The topological polar surface area (TPSA) is 50.4 Å². The van der Waals surface area contributed by atoms with Crippen LogP contribution in [0.2, 0.25) is 0 Å². The molecule has 0 unspecified atom stereocenters. The summed E-state index contributed by atoms with van der Waals surface area (Å²) in [6.45, 7) is 5.52. The molecule has 0 saturated heterocycles. The Morgan fingerprint density at radius 1 is 1.10 bits per heavy atom. The van der Waals surface area contributed by atoms with Crippen molar-refractivity contribution in [2.75, 3.05) is 0 Å². The van der Waals surface area contributed by atoms with Gasteiger partial charge in [-0.05, 0) is 44.5 Å². The lowest BCUT2D eigenvalue weighted by Crippen LogP contribution is -2.19. The molecule has 0 radical (unpaired) electrons. The van der Waals surface area contributed by atoms with Crippen LogP contribution in [-0.2, 0) is 5.60 Å². The van der Waals surface area contributed by atoms with Gasteiger partial charge in [0.05, 0.1) is 0 Å². The standard InChI is InChI=1S/C16H17N3OS/c1-11-6-4-5-7-13(11)21-12-8-9-14-17-18-15(16(2,3)20)19(14)10-12/h4-10,20H,1-3H3. The van der Waals surface area contributed by atoms with E-state index in [2.05, 4.69) is 29.3 Å². The molecule has 0 amide bonds. The largest absolute Gasteiger partial charge is 0.382 e. The second-order valence-corrected chi connectivity index (χ2v) is 6.66. The lowest BCUT2D eigenvalue weighted by atomic mass is 10.1. The summed E-state index contributed by atoms with van der Waals surface area (Å²) >= 11 is 1.69. The van der Waals surface area contributed by atoms with Crippen molar-refractivity contribution in [1.29, 1.82) is 0 Å². The van der Waals surface area contributed by atoms with E-state index in [1.807, 2.05) is 34.9 Å². The molecule has 1 N–H and O–H groups in total. The van der Waals surface area contributed by atoms with Gasteiger partial charge in [-0.3, -0.25) is 4.40 Å². The maximum Gasteiger partial charge on any atom is 0.168 e. The number of hydrogen-bond donors (Lipinski definition) is 1. The molecule has 0 fully saturated rings. The number of rotatable bonds is 3. The lowest BCUT2D eigenvalue weighted by molar-refractivity contribution is 0.0676. The Morgan fingerprint density at radius 3 is 2.57 bits per heavy atom. The van der Waals surface area contributed by atoms with E-state index < -0.39 is 5.60 Å². The third kappa shape index (κ3) is 2.80. The monoisotopic (exact) mass is 299 g/mol. The van der Waals surface area contributed by atoms with Crippen molar-refractivity contribution in [3.63, 3.8) is 0 Å². The fourth-order valence-electron chi connectivity index (χ4n) is 2.15. The highest BCUT2D eigenvalue weighted by Gasteiger charge is 2.23. The first kappa shape index (κ1) is 14.1. The van der Waals surface area contributed by atoms with Crippen molar-refractivity contribution in [3.8, 4) is 0 Å². The zero-order chi connectivity index (χ0) is 15.0. The van der Waals surface area contributed by atoms with Crippen LogP contribution in [0.15, 0.2) is 52.4 Å². The molecule has 108 valence electrons. The molecule has 4 nitrogen and oxygen atoms in total. The molecule has 5 heteroatoms. The van der Waals surface area contributed by atoms with Gasteiger partial charge in [-0.15, -0.1) is 10.2 Å². The third-order valence-electron chi connectivity index (χ3n) is 3.24. The number of aryl methyl sites for hydroxylation is 1. The Bertz CT molecular complexity index is 790. The summed E-state index contributed by atoms with van der Waals surface area (Å²) in [5.41, 5.74) is 0.959. The number of benzene rings is 1. The van der Waals surface area contributed by atoms with Crippen molar-refractivity contribution in [2.24, 2.45) is 0 Å². The average molecular weight is 299 g/mol. The molecule has 0 aliphatic carbocycles. The van der Waals surface area contributed by atoms with E-state index in [1.165, 1.54) is 10.5 Å². The molecule has 0 bridgehead atoms. The summed E-state index contributed by atoms with van der Waals surface area (Å²) in [4.78, 5) is 2.30. The van der Waals surface area contributed by atoms with Crippen LogP contribution < -0.4 is 0 Å². The predicted octanol–water partition coefficient (Wildman–Crippen LogP) is 3.42. The Balaban J connectivity index is 2.03. The minimum Gasteiger partial charge on any atom is -0.382 e. The summed E-state index contributed by atoms with van der Waals surface area (Å²) < 4.78 is 1.85. The Labute approximate surface area is 127 Å². The van der Waals surface area contributed by atoms with Gasteiger partial charge in [-0.2, -0.15) is 0 Å². The number of fused-ring (bicyclic) bond motifs is 1. The van der Waals surface area contributed by atoms with Gasteiger partial charge in [0.15, 0.2) is 11.5 Å². The van der Waals surface area contributed by atoms with E-state index in [4.69, 9.17) is 0 Å². The maximum absolute atomic E-state index is 10.2. The second-order valence-electron chi connectivity index (χ2n) is 5.54. The van der Waals surface area contributed by atoms with Gasteiger partial charge >= 0.3 is 0 Å². The van der Waals surface area contributed by atoms with Crippen LogP contribution in [-0.4, -0.2) is 19.7 Å². The van der Waals surface area contributed by atoms with Crippen LogP contribution in [0.1, 0.15) is 25.2 Å². The molecule has 3 rings (SSSR count). The molecule has 0 atom stereocenters. The number of nitrogens with zero attached hydrogens (tertiary/aromatic N) is 3. The maximum atomic E-state index is 10.2. The van der Waals surface area contributed by atoms with Crippen molar-refractivity contribution < 1.29 is 5.11 Å². The second kappa shape index (κ2) is 5.16. The first-order valence-corrected chi connectivity index (χ1v) is 7.58. The number of aromatic nitrogens is 3. The number of pyridine rings is 1. The molecule has 0 saturated carbocycles.